The predicted molar refractivity (Wildman–Crippen MR) is 167 cm³/mol. The lowest BCUT2D eigenvalue weighted by Gasteiger charge is -2.33. The van der Waals surface area contributed by atoms with Crippen molar-refractivity contribution in [1.82, 2.24) is 10.6 Å². The Morgan fingerprint density at radius 2 is 1.31 bits per heavy atom. The largest absolute Gasteiger partial charge is 0.460 e. The minimum absolute atomic E-state index is 0.0419. The Balaban J connectivity index is 1.51. The second-order valence-electron chi connectivity index (χ2n) is 13.3. The van der Waals surface area contributed by atoms with Gasteiger partial charge in [-0.2, -0.15) is 0 Å². The van der Waals surface area contributed by atoms with Gasteiger partial charge in [0, 0.05) is 5.92 Å². The minimum atomic E-state index is -0.805. The van der Waals surface area contributed by atoms with Gasteiger partial charge in [0.15, 0.2) is 0 Å². The second kappa shape index (κ2) is 12.9. The van der Waals surface area contributed by atoms with E-state index in [1.807, 2.05) is 96.1 Å². The number of hydrogen-bond acceptors (Lipinski definition) is 4. The molecule has 4 rings (SSSR count). The molecule has 0 fully saturated rings. The quantitative estimate of drug-likeness (QED) is 0.264. The number of esters is 1. The molecule has 1 aliphatic carbocycles. The number of amides is 2. The number of rotatable bonds is 10. The lowest BCUT2D eigenvalue weighted by Crippen LogP contribution is -2.55. The van der Waals surface area contributed by atoms with Gasteiger partial charge in [-0.25, -0.2) is 0 Å². The van der Waals surface area contributed by atoms with Gasteiger partial charge in [-0.1, -0.05) is 99.6 Å². The van der Waals surface area contributed by atoms with Crippen LogP contribution in [0.1, 0.15) is 83.5 Å². The number of fused-ring (bicyclic) bond motifs is 3. The molecule has 0 heterocycles. The fourth-order valence-corrected chi connectivity index (χ4v) is 5.58. The van der Waals surface area contributed by atoms with Gasteiger partial charge in [0.1, 0.15) is 11.6 Å². The molecule has 0 saturated heterocycles. The molecule has 222 valence electrons. The third-order valence-corrected chi connectivity index (χ3v) is 7.60. The van der Waals surface area contributed by atoms with Crippen LogP contribution in [0.3, 0.4) is 0 Å². The molecule has 42 heavy (non-hydrogen) atoms. The molecule has 1 unspecified atom stereocenters. The van der Waals surface area contributed by atoms with Crippen molar-refractivity contribution in [1.29, 1.82) is 0 Å². The first kappa shape index (κ1) is 31.0. The van der Waals surface area contributed by atoms with E-state index in [4.69, 9.17) is 4.74 Å². The Morgan fingerprint density at radius 3 is 1.86 bits per heavy atom. The highest BCUT2D eigenvalue weighted by molar-refractivity contribution is 5.92. The maximum Gasteiger partial charge on any atom is 0.307 e. The van der Waals surface area contributed by atoms with Crippen molar-refractivity contribution in [2.45, 2.75) is 84.9 Å². The van der Waals surface area contributed by atoms with Crippen LogP contribution in [0, 0.1) is 11.3 Å². The van der Waals surface area contributed by atoms with Crippen LogP contribution in [0.2, 0.25) is 0 Å². The number of nitrogens with one attached hydrogen (secondary N) is 2. The van der Waals surface area contributed by atoms with Crippen molar-refractivity contribution < 1.29 is 19.1 Å². The van der Waals surface area contributed by atoms with Crippen molar-refractivity contribution in [2.75, 3.05) is 0 Å². The topological polar surface area (TPSA) is 84.5 Å². The van der Waals surface area contributed by atoms with Gasteiger partial charge in [0.2, 0.25) is 11.8 Å². The standard InChI is InChI=1S/C36H44N2O4/c1-35(2,3)32(34(41)37-31-28-21-12-10-19-26(28)27-20-11-13-22-29(27)31)38-33(40)25(23-30(39)42-36(4,5)6)18-14-17-24-15-8-7-9-16-24/h7-13,15-16,19-22,25,31-32H,14,17-18,23H2,1-6H3,(H,37,41)(H,38,40)/t25?,32-/m1/s1. The maximum atomic E-state index is 13.9. The van der Waals surface area contributed by atoms with E-state index in [0.29, 0.717) is 6.42 Å². The van der Waals surface area contributed by atoms with Crippen molar-refractivity contribution >= 4 is 17.8 Å². The van der Waals surface area contributed by atoms with E-state index in [0.717, 1.165) is 35.1 Å². The monoisotopic (exact) mass is 568 g/mol. The molecule has 0 bridgehead atoms. The van der Waals surface area contributed by atoms with Crippen LogP contribution >= 0.6 is 0 Å². The summed E-state index contributed by atoms with van der Waals surface area (Å²) in [6.07, 6.45) is 1.98. The first-order valence-electron chi connectivity index (χ1n) is 14.9. The molecule has 0 aromatic heterocycles. The fraction of sp³-hybridized carbons (Fsp3) is 0.417. The Morgan fingerprint density at radius 1 is 0.762 bits per heavy atom. The number of carbonyl (C=O) groups excluding carboxylic acids is 3. The highest BCUT2D eigenvalue weighted by Crippen LogP contribution is 2.43. The summed E-state index contributed by atoms with van der Waals surface area (Å²) in [4.78, 5) is 40.5. The molecule has 2 atom stereocenters. The number of ether oxygens (including phenoxy) is 1. The molecule has 2 N–H and O–H groups in total. The van der Waals surface area contributed by atoms with Crippen molar-refractivity contribution in [3.05, 3.63) is 95.6 Å². The highest BCUT2D eigenvalue weighted by atomic mass is 16.6. The van der Waals surface area contributed by atoms with Gasteiger partial charge in [0.25, 0.3) is 0 Å². The Kier molecular flexibility index (Phi) is 9.55. The van der Waals surface area contributed by atoms with E-state index in [1.54, 1.807) is 0 Å². The van der Waals surface area contributed by atoms with Gasteiger partial charge in [-0.05, 0) is 73.3 Å². The van der Waals surface area contributed by atoms with Crippen LogP contribution in [-0.2, 0) is 25.5 Å². The average molecular weight is 569 g/mol. The number of hydrogen-bond donors (Lipinski definition) is 2. The number of carbonyl (C=O) groups is 3. The summed E-state index contributed by atoms with van der Waals surface area (Å²) in [6, 6.07) is 25.1. The summed E-state index contributed by atoms with van der Waals surface area (Å²) in [5, 5.41) is 6.27. The Bertz CT molecular complexity index is 1360. The smallest absolute Gasteiger partial charge is 0.307 e. The van der Waals surface area contributed by atoms with Crippen LogP contribution in [0.5, 0.6) is 0 Å². The normalized spacial score (nSPS) is 14.3. The molecule has 0 aliphatic heterocycles. The van der Waals surface area contributed by atoms with Gasteiger partial charge in [-0.3, -0.25) is 14.4 Å². The summed E-state index contributed by atoms with van der Waals surface area (Å²) in [7, 11) is 0. The lowest BCUT2D eigenvalue weighted by atomic mass is 9.85. The zero-order valence-corrected chi connectivity index (χ0v) is 25.7. The van der Waals surface area contributed by atoms with Crippen molar-refractivity contribution in [3.63, 3.8) is 0 Å². The summed E-state index contributed by atoms with van der Waals surface area (Å²) in [5.74, 6) is -1.60. The summed E-state index contributed by atoms with van der Waals surface area (Å²) in [5.41, 5.74) is 4.24. The molecule has 3 aromatic rings. The number of aryl methyl sites for hydroxylation is 1. The van der Waals surface area contributed by atoms with Crippen LogP contribution in [0.15, 0.2) is 78.9 Å². The first-order chi connectivity index (χ1) is 19.8. The van der Waals surface area contributed by atoms with Crippen LogP contribution in [0.4, 0.5) is 0 Å². The molecule has 0 radical (unpaired) electrons. The summed E-state index contributed by atoms with van der Waals surface area (Å²) < 4.78 is 5.56. The van der Waals surface area contributed by atoms with E-state index in [-0.39, 0.29) is 24.3 Å². The first-order valence-corrected chi connectivity index (χ1v) is 14.9. The van der Waals surface area contributed by atoms with Gasteiger partial charge >= 0.3 is 5.97 Å². The summed E-state index contributed by atoms with van der Waals surface area (Å²) in [6.45, 7) is 11.3. The fourth-order valence-electron chi connectivity index (χ4n) is 5.58. The summed E-state index contributed by atoms with van der Waals surface area (Å²) >= 11 is 0. The molecular weight excluding hydrogens is 524 g/mol. The maximum absolute atomic E-state index is 13.9. The van der Waals surface area contributed by atoms with Crippen molar-refractivity contribution in [2.24, 2.45) is 11.3 Å². The third-order valence-electron chi connectivity index (χ3n) is 7.60. The zero-order chi connectivity index (χ0) is 30.5. The van der Waals surface area contributed by atoms with Crippen LogP contribution < -0.4 is 10.6 Å². The molecule has 6 nitrogen and oxygen atoms in total. The van der Waals surface area contributed by atoms with Gasteiger partial charge < -0.3 is 15.4 Å². The zero-order valence-electron chi connectivity index (χ0n) is 25.7. The minimum Gasteiger partial charge on any atom is -0.460 e. The molecule has 2 amide bonds. The molecule has 0 spiro atoms. The molecule has 6 heteroatoms. The predicted octanol–water partition coefficient (Wildman–Crippen LogP) is 6.77. The van der Waals surface area contributed by atoms with Crippen molar-refractivity contribution in [3.8, 4) is 11.1 Å². The Hall–Kier alpha value is -3.93. The molecule has 3 aromatic carbocycles. The molecular formula is C36H44N2O4. The number of benzene rings is 3. The van der Waals surface area contributed by atoms with E-state index < -0.39 is 28.9 Å². The van der Waals surface area contributed by atoms with E-state index in [9.17, 15) is 14.4 Å². The molecule has 0 saturated carbocycles. The van der Waals surface area contributed by atoms with Crippen LogP contribution in [-0.4, -0.2) is 29.4 Å². The van der Waals surface area contributed by atoms with Gasteiger partial charge in [0.05, 0.1) is 12.5 Å². The average Bonchev–Trinajstić information content (AvgIpc) is 3.23. The lowest BCUT2D eigenvalue weighted by molar-refractivity contribution is -0.157. The van der Waals surface area contributed by atoms with E-state index >= 15 is 0 Å². The van der Waals surface area contributed by atoms with E-state index in [2.05, 4.69) is 34.9 Å². The Labute approximate surface area is 250 Å². The third kappa shape index (κ3) is 7.87. The molecule has 1 aliphatic rings. The van der Waals surface area contributed by atoms with E-state index in [1.165, 1.54) is 5.56 Å². The highest BCUT2D eigenvalue weighted by Gasteiger charge is 2.38. The SMILES string of the molecule is CC(C)(C)OC(=O)CC(CCCc1ccccc1)C(=O)N[C@H](C(=O)NC1c2ccccc2-c2ccccc21)C(C)(C)C. The van der Waals surface area contributed by atoms with Gasteiger partial charge in [-0.15, -0.1) is 0 Å². The second-order valence-corrected chi connectivity index (χ2v) is 13.3. The van der Waals surface area contributed by atoms with Crippen LogP contribution in [0.25, 0.3) is 11.1 Å².